The number of anilines is 1. The highest BCUT2D eigenvalue weighted by atomic mass is 32.1. The maximum absolute atomic E-state index is 11.4. The summed E-state index contributed by atoms with van der Waals surface area (Å²) in [6, 6.07) is 3.92. The second-order valence-electron chi connectivity index (χ2n) is 4.68. The Balaban J connectivity index is 2.11. The normalized spacial score (nSPS) is 15.4. The second-order valence-corrected chi connectivity index (χ2v) is 5.68. The number of thiazole rings is 1. The third kappa shape index (κ3) is 2.66. The molecule has 0 atom stereocenters. The van der Waals surface area contributed by atoms with Crippen LogP contribution in [-0.4, -0.2) is 43.8 Å². The lowest BCUT2D eigenvalue weighted by molar-refractivity contribution is 0.1000. The van der Waals surface area contributed by atoms with Gasteiger partial charge in [-0.05, 0) is 19.1 Å². The molecule has 3 rings (SSSR count). The first-order valence-electron chi connectivity index (χ1n) is 6.89. The molecule has 7 heteroatoms. The zero-order chi connectivity index (χ0) is 14.8. The van der Waals surface area contributed by atoms with Crippen molar-refractivity contribution in [1.82, 2.24) is 4.98 Å². The molecule has 21 heavy (non-hydrogen) atoms. The predicted octanol–water partition coefficient (Wildman–Crippen LogP) is 1.63. The summed E-state index contributed by atoms with van der Waals surface area (Å²) in [5, 5.41) is 0.312. The molecule has 1 aliphatic rings. The number of fused-ring (bicyclic) bond motifs is 1. The Bertz CT molecular complexity index is 665. The average molecular weight is 307 g/mol. The predicted molar refractivity (Wildman–Crippen MR) is 82.3 cm³/mol. The van der Waals surface area contributed by atoms with E-state index in [4.69, 9.17) is 15.2 Å². The van der Waals surface area contributed by atoms with Crippen LogP contribution in [0.1, 0.15) is 16.7 Å². The average Bonchev–Trinajstić information content (AvgIpc) is 2.94. The molecule has 0 bridgehead atoms. The first-order valence-corrected chi connectivity index (χ1v) is 7.71. The van der Waals surface area contributed by atoms with Crippen molar-refractivity contribution in [3.05, 3.63) is 17.1 Å². The van der Waals surface area contributed by atoms with Crippen LogP contribution in [0, 0.1) is 0 Å². The lowest BCUT2D eigenvalue weighted by Crippen LogP contribution is -2.36. The Morgan fingerprint density at radius 1 is 1.48 bits per heavy atom. The van der Waals surface area contributed by atoms with Gasteiger partial charge in [0.25, 0.3) is 5.91 Å². The molecule has 1 saturated heterocycles. The molecule has 6 nitrogen and oxygen atoms in total. The van der Waals surface area contributed by atoms with Crippen molar-refractivity contribution in [2.45, 2.75) is 6.92 Å². The lowest BCUT2D eigenvalue weighted by atomic mass is 10.2. The van der Waals surface area contributed by atoms with Gasteiger partial charge in [-0.25, -0.2) is 4.98 Å². The van der Waals surface area contributed by atoms with E-state index in [0.717, 1.165) is 23.5 Å². The molecule has 0 spiro atoms. The van der Waals surface area contributed by atoms with Crippen molar-refractivity contribution in [1.29, 1.82) is 0 Å². The number of hydrogen-bond donors (Lipinski definition) is 1. The van der Waals surface area contributed by atoms with E-state index in [-0.39, 0.29) is 0 Å². The van der Waals surface area contributed by atoms with Gasteiger partial charge in [-0.3, -0.25) is 4.79 Å². The molecular weight excluding hydrogens is 290 g/mol. The standard InChI is InChI=1S/C14H17N3O3S/c1-2-20-10-4-3-9(17-5-7-19-8-6-17)12-11(10)16-14(21-12)13(15)18/h3-4H,2,5-8H2,1H3,(H2,15,18). The number of hydrogen-bond acceptors (Lipinski definition) is 6. The van der Waals surface area contributed by atoms with Crippen LogP contribution in [0.15, 0.2) is 12.1 Å². The van der Waals surface area contributed by atoms with Crippen molar-refractivity contribution >= 4 is 33.1 Å². The minimum absolute atomic E-state index is 0.312. The Labute approximate surface area is 126 Å². The van der Waals surface area contributed by atoms with Crippen molar-refractivity contribution in [3.8, 4) is 5.75 Å². The quantitative estimate of drug-likeness (QED) is 0.929. The van der Waals surface area contributed by atoms with E-state index in [1.54, 1.807) is 0 Å². The zero-order valence-corrected chi connectivity index (χ0v) is 12.6. The number of rotatable bonds is 4. The fourth-order valence-electron chi connectivity index (χ4n) is 2.40. The van der Waals surface area contributed by atoms with Crippen LogP contribution in [0.25, 0.3) is 10.2 Å². The van der Waals surface area contributed by atoms with Crippen LogP contribution < -0.4 is 15.4 Å². The minimum Gasteiger partial charge on any atom is -0.492 e. The summed E-state index contributed by atoms with van der Waals surface area (Å²) >= 11 is 1.32. The van der Waals surface area contributed by atoms with Gasteiger partial charge in [0.15, 0.2) is 5.01 Å². The number of amides is 1. The summed E-state index contributed by atoms with van der Waals surface area (Å²) in [4.78, 5) is 18.0. The van der Waals surface area contributed by atoms with Gasteiger partial charge in [-0.15, -0.1) is 11.3 Å². The molecule has 112 valence electrons. The number of carbonyl (C=O) groups is 1. The number of ether oxygens (including phenoxy) is 2. The van der Waals surface area contributed by atoms with Crippen LogP contribution in [0.5, 0.6) is 5.75 Å². The molecule has 0 unspecified atom stereocenters. The second kappa shape index (κ2) is 5.87. The molecule has 0 saturated carbocycles. The van der Waals surface area contributed by atoms with Crippen molar-refractivity contribution in [2.75, 3.05) is 37.8 Å². The van der Waals surface area contributed by atoms with Crippen molar-refractivity contribution < 1.29 is 14.3 Å². The monoisotopic (exact) mass is 307 g/mol. The summed E-state index contributed by atoms with van der Waals surface area (Å²) in [6.45, 7) is 5.53. The highest BCUT2D eigenvalue weighted by molar-refractivity contribution is 7.21. The van der Waals surface area contributed by atoms with Gasteiger partial charge < -0.3 is 20.1 Å². The number of nitrogens with zero attached hydrogens (tertiary/aromatic N) is 2. The van der Waals surface area contributed by atoms with E-state index in [2.05, 4.69) is 9.88 Å². The Kier molecular flexibility index (Phi) is 3.94. The Hall–Kier alpha value is -1.86. The Morgan fingerprint density at radius 3 is 2.90 bits per heavy atom. The molecule has 2 N–H and O–H groups in total. The van der Waals surface area contributed by atoms with E-state index in [1.165, 1.54) is 11.3 Å². The van der Waals surface area contributed by atoms with Crippen LogP contribution in [-0.2, 0) is 4.74 Å². The number of morpholine rings is 1. The van der Waals surface area contributed by atoms with Gasteiger partial charge >= 0.3 is 0 Å². The summed E-state index contributed by atoms with van der Waals surface area (Å²) in [5.41, 5.74) is 7.13. The fourth-order valence-corrected chi connectivity index (χ4v) is 3.38. The topological polar surface area (TPSA) is 77.7 Å². The first kappa shape index (κ1) is 14.1. The van der Waals surface area contributed by atoms with Gasteiger partial charge in [-0.1, -0.05) is 0 Å². The van der Waals surface area contributed by atoms with Gasteiger partial charge in [0.05, 0.1) is 30.2 Å². The van der Waals surface area contributed by atoms with Gasteiger partial charge in [0.2, 0.25) is 0 Å². The molecule has 2 heterocycles. The van der Waals surface area contributed by atoms with Gasteiger partial charge in [-0.2, -0.15) is 0 Å². The maximum Gasteiger partial charge on any atom is 0.277 e. The van der Waals surface area contributed by atoms with E-state index < -0.39 is 5.91 Å². The number of aromatic nitrogens is 1. The third-order valence-electron chi connectivity index (χ3n) is 3.35. The smallest absolute Gasteiger partial charge is 0.277 e. The number of carbonyl (C=O) groups excluding carboxylic acids is 1. The summed E-state index contributed by atoms with van der Waals surface area (Å²) in [7, 11) is 0. The van der Waals surface area contributed by atoms with Crippen molar-refractivity contribution in [3.63, 3.8) is 0 Å². The van der Waals surface area contributed by atoms with Crippen LogP contribution in [0.3, 0.4) is 0 Å². The Morgan fingerprint density at radius 2 is 2.24 bits per heavy atom. The molecule has 2 aromatic rings. The van der Waals surface area contributed by atoms with Crippen LogP contribution in [0.4, 0.5) is 5.69 Å². The van der Waals surface area contributed by atoms with E-state index in [9.17, 15) is 4.79 Å². The van der Waals surface area contributed by atoms with Crippen LogP contribution in [0.2, 0.25) is 0 Å². The molecule has 0 aliphatic carbocycles. The molecule has 1 aromatic carbocycles. The summed E-state index contributed by atoms with van der Waals surface area (Å²) in [5.74, 6) is 0.180. The van der Waals surface area contributed by atoms with E-state index in [0.29, 0.717) is 36.1 Å². The largest absolute Gasteiger partial charge is 0.492 e. The fraction of sp³-hybridized carbons (Fsp3) is 0.429. The third-order valence-corrected chi connectivity index (χ3v) is 4.44. The number of nitrogens with two attached hydrogens (primary N) is 1. The highest BCUT2D eigenvalue weighted by Crippen LogP contribution is 2.37. The van der Waals surface area contributed by atoms with Crippen molar-refractivity contribution in [2.24, 2.45) is 5.73 Å². The van der Waals surface area contributed by atoms with Gasteiger partial charge in [0.1, 0.15) is 11.3 Å². The molecular formula is C14H17N3O3S. The molecule has 1 aliphatic heterocycles. The van der Waals surface area contributed by atoms with E-state index >= 15 is 0 Å². The molecule has 1 aromatic heterocycles. The summed E-state index contributed by atoms with van der Waals surface area (Å²) < 4.78 is 11.9. The SMILES string of the molecule is CCOc1ccc(N2CCOCC2)c2sc(C(N)=O)nc12. The number of primary amides is 1. The van der Waals surface area contributed by atoms with Gasteiger partial charge in [0, 0.05) is 13.1 Å². The summed E-state index contributed by atoms with van der Waals surface area (Å²) in [6.07, 6.45) is 0. The lowest BCUT2D eigenvalue weighted by Gasteiger charge is -2.29. The van der Waals surface area contributed by atoms with Crippen LogP contribution >= 0.6 is 11.3 Å². The zero-order valence-electron chi connectivity index (χ0n) is 11.8. The number of benzene rings is 1. The van der Waals surface area contributed by atoms with E-state index in [1.807, 2.05) is 19.1 Å². The maximum atomic E-state index is 11.4. The molecule has 1 amide bonds. The molecule has 0 radical (unpaired) electrons. The highest BCUT2D eigenvalue weighted by Gasteiger charge is 2.20. The first-order chi connectivity index (χ1) is 10.2. The molecule has 1 fully saturated rings. The minimum atomic E-state index is -0.508.